The minimum atomic E-state index is 0.563. The predicted molar refractivity (Wildman–Crippen MR) is 61.3 cm³/mol. The van der Waals surface area contributed by atoms with Gasteiger partial charge in [0.1, 0.15) is 0 Å². The first-order chi connectivity index (χ1) is 6.76. The lowest BCUT2D eigenvalue weighted by Crippen LogP contribution is -2.42. The summed E-state index contributed by atoms with van der Waals surface area (Å²) in [5.41, 5.74) is 5.72. The van der Waals surface area contributed by atoms with Crippen LogP contribution < -0.4 is 11.1 Å². The van der Waals surface area contributed by atoms with Crippen molar-refractivity contribution in [3.05, 3.63) is 0 Å². The molecule has 0 radical (unpaired) electrons. The molecule has 0 unspecified atom stereocenters. The molecule has 0 bridgehead atoms. The average Bonchev–Trinajstić information content (AvgIpc) is 2.19. The van der Waals surface area contributed by atoms with E-state index in [1.54, 1.807) is 0 Å². The summed E-state index contributed by atoms with van der Waals surface area (Å²) < 4.78 is 0. The molecule has 1 saturated carbocycles. The van der Waals surface area contributed by atoms with Crippen molar-refractivity contribution in [2.45, 2.75) is 52.0 Å². The van der Waals surface area contributed by atoms with E-state index >= 15 is 0 Å². The zero-order valence-corrected chi connectivity index (χ0v) is 9.42. The van der Waals surface area contributed by atoms with Crippen LogP contribution in [0.15, 0.2) is 4.99 Å². The number of guanidine groups is 1. The van der Waals surface area contributed by atoms with Crippen LogP contribution in [0.4, 0.5) is 0 Å². The number of hydrogen-bond donors (Lipinski definition) is 2. The maximum atomic E-state index is 5.72. The summed E-state index contributed by atoms with van der Waals surface area (Å²) in [6.07, 6.45) is 6.50. The number of nitrogens with one attached hydrogen (secondary N) is 1. The van der Waals surface area contributed by atoms with Crippen molar-refractivity contribution in [1.29, 1.82) is 0 Å². The Morgan fingerprint density at radius 3 is 2.43 bits per heavy atom. The van der Waals surface area contributed by atoms with E-state index in [-0.39, 0.29) is 0 Å². The van der Waals surface area contributed by atoms with Gasteiger partial charge in [-0.3, -0.25) is 4.99 Å². The molecule has 1 fully saturated rings. The molecule has 3 nitrogen and oxygen atoms in total. The zero-order chi connectivity index (χ0) is 10.4. The van der Waals surface area contributed by atoms with Crippen LogP contribution >= 0.6 is 0 Å². The van der Waals surface area contributed by atoms with Crippen molar-refractivity contribution in [3.63, 3.8) is 0 Å². The van der Waals surface area contributed by atoms with Crippen LogP contribution in [0.3, 0.4) is 0 Å². The zero-order valence-electron chi connectivity index (χ0n) is 9.42. The van der Waals surface area contributed by atoms with Gasteiger partial charge >= 0.3 is 0 Å². The highest BCUT2D eigenvalue weighted by Gasteiger charge is 2.19. The molecular formula is C11H23N3. The molecule has 0 amide bonds. The van der Waals surface area contributed by atoms with Crippen molar-refractivity contribution in [2.75, 3.05) is 6.54 Å². The van der Waals surface area contributed by atoms with Crippen LogP contribution in [-0.2, 0) is 0 Å². The van der Waals surface area contributed by atoms with E-state index in [0.29, 0.717) is 12.0 Å². The molecular weight excluding hydrogens is 174 g/mol. The summed E-state index contributed by atoms with van der Waals surface area (Å²) in [5, 5.41) is 3.29. The van der Waals surface area contributed by atoms with Crippen LogP contribution in [-0.4, -0.2) is 18.5 Å². The van der Waals surface area contributed by atoms with Crippen LogP contribution in [0.1, 0.15) is 46.0 Å². The highest BCUT2D eigenvalue weighted by atomic mass is 15.1. The van der Waals surface area contributed by atoms with Gasteiger partial charge < -0.3 is 11.1 Å². The Balaban J connectivity index is 2.25. The fourth-order valence-corrected chi connectivity index (χ4v) is 2.14. The topological polar surface area (TPSA) is 50.4 Å². The van der Waals surface area contributed by atoms with Gasteiger partial charge in [-0.1, -0.05) is 13.3 Å². The Kier molecular flexibility index (Phi) is 4.77. The number of nitrogens with zero attached hydrogens (tertiary/aromatic N) is 1. The summed E-state index contributed by atoms with van der Waals surface area (Å²) in [6.45, 7) is 5.05. The van der Waals surface area contributed by atoms with Crippen molar-refractivity contribution >= 4 is 5.96 Å². The van der Waals surface area contributed by atoms with Crippen LogP contribution in [0, 0.1) is 5.92 Å². The van der Waals surface area contributed by atoms with Gasteiger partial charge in [-0.25, -0.2) is 0 Å². The van der Waals surface area contributed by atoms with Crippen molar-refractivity contribution in [2.24, 2.45) is 16.6 Å². The first-order valence-corrected chi connectivity index (χ1v) is 5.82. The number of hydrogen-bond acceptors (Lipinski definition) is 1. The van der Waals surface area contributed by atoms with E-state index in [4.69, 9.17) is 5.73 Å². The molecule has 0 atom stereocenters. The van der Waals surface area contributed by atoms with Gasteiger partial charge in [0.05, 0.1) is 0 Å². The largest absolute Gasteiger partial charge is 0.370 e. The van der Waals surface area contributed by atoms with Gasteiger partial charge in [-0.2, -0.15) is 0 Å². The third-order valence-corrected chi connectivity index (χ3v) is 3.10. The van der Waals surface area contributed by atoms with Crippen molar-refractivity contribution in [3.8, 4) is 0 Å². The van der Waals surface area contributed by atoms with Gasteiger partial charge in [0.15, 0.2) is 5.96 Å². The monoisotopic (exact) mass is 197 g/mol. The molecule has 1 aliphatic rings. The maximum absolute atomic E-state index is 5.72. The quantitative estimate of drug-likeness (QED) is 0.536. The molecule has 0 spiro atoms. The van der Waals surface area contributed by atoms with Gasteiger partial charge in [0.2, 0.25) is 0 Å². The molecule has 1 aliphatic carbocycles. The molecule has 0 aromatic heterocycles. The van der Waals surface area contributed by atoms with Gasteiger partial charge in [-0.05, 0) is 38.5 Å². The average molecular weight is 197 g/mol. The summed E-state index contributed by atoms with van der Waals surface area (Å²) in [7, 11) is 0. The van der Waals surface area contributed by atoms with Gasteiger partial charge in [0, 0.05) is 12.6 Å². The summed E-state index contributed by atoms with van der Waals surface area (Å²) >= 11 is 0. The molecule has 0 aromatic carbocycles. The maximum Gasteiger partial charge on any atom is 0.188 e. The number of rotatable bonds is 3. The van der Waals surface area contributed by atoms with Gasteiger partial charge in [0.25, 0.3) is 0 Å². The summed E-state index contributed by atoms with van der Waals surface area (Å²) in [5.74, 6) is 1.56. The summed E-state index contributed by atoms with van der Waals surface area (Å²) in [4.78, 5) is 4.14. The second kappa shape index (κ2) is 5.89. The van der Waals surface area contributed by atoms with E-state index in [1.807, 2.05) is 6.92 Å². The molecule has 0 aliphatic heterocycles. The molecule has 3 heteroatoms. The third kappa shape index (κ3) is 3.56. The minimum absolute atomic E-state index is 0.563. The predicted octanol–water partition coefficient (Wildman–Crippen LogP) is 1.88. The van der Waals surface area contributed by atoms with Gasteiger partial charge in [-0.15, -0.1) is 0 Å². The molecule has 0 heterocycles. The normalized spacial score (nSPS) is 28.9. The fourth-order valence-electron chi connectivity index (χ4n) is 2.14. The van der Waals surface area contributed by atoms with E-state index in [0.717, 1.165) is 12.5 Å². The lowest BCUT2D eigenvalue weighted by molar-refractivity contribution is 0.305. The Hall–Kier alpha value is -0.730. The molecule has 1 rings (SSSR count). The Morgan fingerprint density at radius 2 is 1.93 bits per heavy atom. The first-order valence-electron chi connectivity index (χ1n) is 5.82. The Bertz CT molecular complexity index is 181. The van der Waals surface area contributed by atoms with Crippen LogP contribution in [0.25, 0.3) is 0 Å². The number of aliphatic imine (C=N–C) groups is 1. The Labute approximate surface area is 87.2 Å². The standard InChI is InChI=1S/C11H23N3/c1-3-9-5-7-10(8-6-9)14-11(12)13-4-2/h9-10H,3-8H2,1-2H3,(H3,12,13,14). The Morgan fingerprint density at radius 1 is 1.29 bits per heavy atom. The van der Waals surface area contributed by atoms with E-state index < -0.39 is 0 Å². The SMILES string of the molecule is CCN=C(N)NC1CCC(CC)CC1. The molecule has 0 saturated heterocycles. The summed E-state index contributed by atoms with van der Waals surface area (Å²) in [6, 6.07) is 0.563. The molecule has 14 heavy (non-hydrogen) atoms. The van der Waals surface area contributed by atoms with Crippen molar-refractivity contribution in [1.82, 2.24) is 5.32 Å². The third-order valence-electron chi connectivity index (χ3n) is 3.10. The van der Waals surface area contributed by atoms with E-state index in [9.17, 15) is 0 Å². The highest BCUT2D eigenvalue weighted by molar-refractivity contribution is 5.78. The highest BCUT2D eigenvalue weighted by Crippen LogP contribution is 2.26. The van der Waals surface area contributed by atoms with Crippen LogP contribution in [0.5, 0.6) is 0 Å². The van der Waals surface area contributed by atoms with E-state index in [2.05, 4.69) is 17.2 Å². The van der Waals surface area contributed by atoms with Crippen molar-refractivity contribution < 1.29 is 0 Å². The second-order valence-electron chi connectivity index (χ2n) is 4.13. The fraction of sp³-hybridized carbons (Fsp3) is 0.909. The lowest BCUT2D eigenvalue weighted by Gasteiger charge is -2.28. The number of nitrogens with two attached hydrogens (primary N) is 1. The van der Waals surface area contributed by atoms with Crippen LogP contribution in [0.2, 0.25) is 0 Å². The minimum Gasteiger partial charge on any atom is -0.370 e. The molecule has 82 valence electrons. The smallest absolute Gasteiger partial charge is 0.188 e. The molecule has 0 aromatic rings. The first kappa shape index (κ1) is 11.3. The second-order valence-corrected chi connectivity index (χ2v) is 4.13. The molecule has 3 N–H and O–H groups in total. The van der Waals surface area contributed by atoms with E-state index in [1.165, 1.54) is 32.1 Å². The lowest BCUT2D eigenvalue weighted by atomic mass is 9.85.